The second kappa shape index (κ2) is 12.0. The van der Waals surface area contributed by atoms with Gasteiger partial charge in [0.2, 0.25) is 0 Å². The van der Waals surface area contributed by atoms with E-state index in [0.29, 0.717) is 25.3 Å². The van der Waals surface area contributed by atoms with Gasteiger partial charge in [-0.1, -0.05) is 12.8 Å². The first-order valence-electron chi connectivity index (χ1n) is 10.1. The van der Waals surface area contributed by atoms with E-state index < -0.39 is 0 Å². The second-order valence-corrected chi connectivity index (χ2v) is 6.73. The van der Waals surface area contributed by atoms with Gasteiger partial charge in [-0.15, -0.1) is 0 Å². The number of furan rings is 1. The first-order chi connectivity index (χ1) is 13.7. The maximum absolute atomic E-state index is 12.4. The van der Waals surface area contributed by atoms with Crippen LogP contribution in [0.25, 0.3) is 0 Å². The minimum Gasteiger partial charge on any atom is -0.469 e. The molecule has 0 saturated carbocycles. The number of hydrogen-bond acceptors (Lipinski definition) is 5. The number of nitrogens with zero attached hydrogens (tertiary/aromatic N) is 3. The number of methoxy groups -OCH3 is 1. The van der Waals surface area contributed by atoms with Crippen molar-refractivity contribution in [3.8, 4) is 0 Å². The monoisotopic (exact) mass is 392 g/mol. The molecule has 1 N–H and O–H groups in total. The molecule has 0 bridgehead atoms. The Labute approximate surface area is 166 Å². The van der Waals surface area contributed by atoms with E-state index in [1.807, 2.05) is 4.90 Å². The molecule has 1 aromatic rings. The highest BCUT2D eigenvalue weighted by molar-refractivity contribution is 5.91. The zero-order valence-electron chi connectivity index (χ0n) is 17.0. The first kappa shape index (κ1) is 21.8. The fourth-order valence-electron chi connectivity index (χ4n) is 3.12. The van der Waals surface area contributed by atoms with Gasteiger partial charge in [-0.05, 0) is 31.9 Å². The zero-order valence-corrected chi connectivity index (χ0v) is 17.0. The highest BCUT2D eigenvalue weighted by Gasteiger charge is 2.25. The molecular formula is C20H32N4O4. The zero-order chi connectivity index (χ0) is 20.2. The Morgan fingerprint density at radius 2 is 1.86 bits per heavy atom. The molecule has 0 atom stereocenters. The van der Waals surface area contributed by atoms with Crippen LogP contribution in [-0.4, -0.2) is 74.0 Å². The van der Waals surface area contributed by atoms with Crippen LogP contribution in [0.2, 0.25) is 0 Å². The van der Waals surface area contributed by atoms with Crippen molar-refractivity contribution in [2.45, 2.75) is 39.0 Å². The summed E-state index contributed by atoms with van der Waals surface area (Å²) in [4.78, 5) is 32.2. The average molecular weight is 393 g/mol. The Kier molecular flexibility index (Phi) is 9.37. The number of unbranched alkanes of at least 4 members (excludes halogenated alkanes) is 3. The van der Waals surface area contributed by atoms with Crippen LogP contribution in [0.4, 0.5) is 0 Å². The van der Waals surface area contributed by atoms with E-state index in [-0.39, 0.29) is 11.9 Å². The van der Waals surface area contributed by atoms with Gasteiger partial charge >= 0.3 is 5.97 Å². The van der Waals surface area contributed by atoms with Gasteiger partial charge in [0.05, 0.1) is 13.4 Å². The second-order valence-electron chi connectivity index (χ2n) is 6.73. The average Bonchev–Trinajstić information content (AvgIpc) is 3.26. The molecule has 0 aromatic carbocycles. The van der Waals surface area contributed by atoms with Gasteiger partial charge in [-0.2, -0.15) is 0 Å². The van der Waals surface area contributed by atoms with Crippen molar-refractivity contribution in [3.63, 3.8) is 0 Å². The molecule has 1 saturated heterocycles. The largest absolute Gasteiger partial charge is 0.469 e. The van der Waals surface area contributed by atoms with Crippen molar-refractivity contribution in [1.82, 2.24) is 15.1 Å². The summed E-state index contributed by atoms with van der Waals surface area (Å²) in [6.45, 7) is 6.42. The number of hydrogen-bond donors (Lipinski definition) is 1. The molecule has 2 heterocycles. The van der Waals surface area contributed by atoms with Gasteiger partial charge in [0.25, 0.3) is 5.91 Å². The summed E-state index contributed by atoms with van der Waals surface area (Å²) in [6, 6.07) is 3.43. The van der Waals surface area contributed by atoms with Gasteiger partial charge in [0.1, 0.15) is 0 Å². The Hall–Kier alpha value is -2.51. The summed E-state index contributed by atoms with van der Waals surface area (Å²) in [5.74, 6) is 1.10. The number of nitrogens with one attached hydrogen (secondary N) is 1. The van der Waals surface area contributed by atoms with Gasteiger partial charge in [0, 0.05) is 45.7 Å². The number of carbonyl (C=O) groups excluding carboxylic acids is 2. The molecule has 0 aliphatic carbocycles. The standard InChI is InChI=1S/C20H32N4O4/c1-3-21-20(22-11-7-5-4-6-10-18(25)27-2)24-14-12-23(13-15-24)19(26)17-9-8-16-28-17/h8-9,16H,3-7,10-15H2,1-2H3,(H,21,22). The summed E-state index contributed by atoms with van der Waals surface area (Å²) >= 11 is 0. The highest BCUT2D eigenvalue weighted by Crippen LogP contribution is 2.10. The summed E-state index contributed by atoms with van der Waals surface area (Å²) in [5.41, 5.74) is 0. The van der Waals surface area contributed by atoms with E-state index in [0.717, 1.165) is 57.8 Å². The lowest BCUT2D eigenvalue weighted by molar-refractivity contribution is -0.140. The van der Waals surface area contributed by atoms with Crippen LogP contribution in [0.3, 0.4) is 0 Å². The minimum atomic E-state index is -0.142. The molecular weight excluding hydrogens is 360 g/mol. The van der Waals surface area contributed by atoms with Crippen molar-refractivity contribution < 1.29 is 18.7 Å². The molecule has 156 valence electrons. The van der Waals surface area contributed by atoms with E-state index in [2.05, 4.69) is 21.9 Å². The Bertz CT molecular complexity index is 622. The van der Waals surface area contributed by atoms with Crippen molar-refractivity contribution in [2.75, 3.05) is 46.4 Å². The number of rotatable bonds is 9. The van der Waals surface area contributed by atoms with Crippen molar-refractivity contribution in [2.24, 2.45) is 4.99 Å². The number of esters is 1. The van der Waals surface area contributed by atoms with Crippen LogP contribution < -0.4 is 5.32 Å². The van der Waals surface area contributed by atoms with Crippen LogP contribution >= 0.6 is 0 Å². The smallest absolute Gasteiger partial charge is 0.305 e. The molecule has 0 radical (unpaired) electrons. The number of aliphatic imine (C=N–C) groups is 1. The molecule has 1 aliphatic heterocycles. The Morgan fingerprint density at radius 3 is 2.50 bits per heavy atom. The third kappa shape index (κ3) is 6.90. The molecule has 2 rings (SSSR count). The third-order valence-electron chi connectivity index (χ3n) is 4.71. The Morgan fingerprint density at radius 1 is 1.14 bits per heavy atom. The quantitative estimate of drug-likeness (QED) is 0.300. The number of carbonyl (C=O) groups is 2. The van der Waals surface area contributed by atoms with E-state index in [1.165, 1.54) is 13.4 Å². The number of amides is 1. The number of guanidine groups is 1. The van der Waals surface area contributed by atoms with Crippen LogP contribution in [0.15, 0.2) is 27.8 Å². The van der Waals surface area contributed by atoms with E-state index in [4.69, 9.17) is 9.41 Å². The molecule has 1 aromatic heterocycles. The lowest BCUT2D eigenvalue weighted by atomic mass is 10.1. The minimum absolute atomic E-state index is 0.0569. The Balaban J connectivity index is 1.72. The molecule has 1 aliphatic rings. The first-order valence-corrected chi connectivity index (χ1v) is 10.1. The SMILES string of the molecule is CCNC(=NCCCCCCC(=O)OC)N1CCN(C(=O)c2ccco2)CC1. The van der Waals surface area contributed by atoms with E-state index >= 15 is 0 Å². The normalized spacial score (nSPS) is 14.9. The van der Waals surface area contributed by atoms with Crippen LogP contribution in [0, 0.1) is 0 Å². The maximum Gasteiger partial charge on any atom is 0.305 e. The fraction of sp³-hybridized carbons (Fsp3) is 0.650. The maximum atomic E-state index is 12.4. The van der Waals surface area contributed by atoms with Gasteiger partial charge < -0.3 is 24.3 Å². The summed E-state index contributed by atoms with van der Waals surface area (Å²) in [7, 11) is 1.42. The molecule has 28 heavy (non-hydrogen) atoms. The molecule has 0 spiro atoms. The number of piperazine rings is 1. The van der Waals surface area contributed by atoms with E-state index in [1.54, 1.807) is 12.1 Å². The van der Waals surface area contributed by atoms with Crippen LogP contribution in [0.1, 0.15) is 49.6 Å². The predicted octanol–water partition coefficient (Wildman–Crippen LogP) is 2.13. The highest BCUT2D eigenvalue weighted by atomic mass is 16.5. The lowest BCUT2D eigenvalue weighted by Crippen LogP contribution is -2.53. The lowest BCUT2D eigenvalue weighted by Gasteiger charge is -2.36. The fourth-order valence-corrected chi connectivity index (χ4v) is 3.12. The predicted molar refractivity (Wildman–Crippen MR) is 107 cm³/mol. The molecule has 8 heteroatoms. The van der Waals surface area contributed by atoms with Crippen LogP contribution in [0.5, 0.6) is 0 Å². The molecule has 1 fully saturated rings. The van der Waals surface area contributed by atoms with Crippen molar-refractivity contribution in [3.05, 3.63) is 24.2 Å². The van der Waals surface area contributed by atoms with Crippen molar-refractivity contribution >= 4 is 17.8 Å². The molecule has 1 amide bonds. The van der Waals surface area contributed by atoms with Crippen LogP contribution in [-0.2, 0) is 9.53 Å². The van der Waals surface area contributed by atoms with Crippen molar-refractivity contribution in [1.29, 1.82) is 0 Å². The van der Waals surface area contributed by atoms with Gasteiger partial charge in [-0.3, -0.25) is 14.6 Å². The summed E-state index contributed by atoms with van der Waals surface area (Å²) < 4.78 is 9.85. The van der Waals surface area contributed by atoms with Gasteiger partial charge in [0.15, 0.2) is 11.7 Å². The van der Waals surface area contributed by atoms with E-state index in [9.17, 15) is 9.59 Å². The number of ether oxygens (including phenoxy) is 1. The van der Waals surface area contributed by atoms with Gasteiger partial charge in [-0.25, -0.2) is 0 Å². The molecule has 8 nitrogen and oxygen atoms in total. The topological polar surface area (TPSA) is 87.4 Å². The summed E-state index contributed by atoms with van der Waals surface area (Å²) in [5, 5.41) is 3.34. The summed E-state index contributed by atoms with van der Waals surface area (Å²) in [6.07, 6.45) is 5.92. The molecule has 0 unspecified atom stereocenters. The third-order valence-corrected chi connectivity index (χ3v) is 4.71.